The highest BCUT2D eigenvalue weighted by molar-refractivity contribution is 5.79. The van der Waals surface area contributed by atoms with E-state index in [1.165, 1.54) is 28.4 Å². The van der Waals surface area contributed by atoms with Gasteiger partial charge in [0, 0.05) is 26.2 Å². The Balaban J connectivity index is 4.68. The van der Waals surface area contributed by atoms with Gasteiger partial charge >= 0.3 is 23.9 Å². The number of hydrogen-bond acceptors (Lipinski definition) is 10. The van der Waals surface area contributed by atoms with Crippen LogP contribution in [0.3, 0.4) is 0 Å². The highest BCUT2D eigenvalue weighted by Crippen LogP contribution is 2.28. The van der Waals surface area contributed by atoms with Crippen LogP contribution < -0.4 is 10.6 Å². The molecule has 0 aliphatic carbocycles. The van der Waals surface area contributed by atoms with E-state index in [0.717, 1.165) is 0 Å². The van der Waals surface area contributed by atoms with E-state index < -0.39 is 46.5 Å². The number of nitrogens with one attached hydrogen (secondary N) is 2. The third kappa shape index (κ3) is 9.95. The molecule has 0 amide bonds. The summed E-state index contributed by atoms with van der Waals surface area (Å²) in [7, 11) is 5.25. The van der Waals surface area contributed by atoms with Gasteiger partial charge in [0.2, 0.25) is 0 Å². The summed E-state index contributed by atoms with van der Waals surface area (Å²) < 4.78 is 19.3. The SMILES string of the molecule is COC(=O)C(CNCCNCC(CC(C)(C)C(=O)OC)C(=O)OC)CC(C)(C)C(=O)OC. The molecular formula is C22H40N2O8. The second kappa shape index (κ2) is 14.1. The van der Waals surface area contributed by atoms with Crippen molar-refractivity contribution in [2.75, 3.05) is 54.6 Å². The number of rotatable bonds is 15. The molecule has 0 bridgehead atoms. The van der Waals surface area contributed by atoms with E-state index in [2.05, 4.69) is 10.6 Å². The quantitative estimate of drug-likeness (QED) is 0.207. The lowest BCUT2D eigenvalue weighted by atomic mass is 9.82. The zero-order chi connectivity index (χ0) is 24.9. The molecule has 0 aliphatic heterocycles. The molecule has 2 unspecified atom stereocenters. The maximum absolute atomic E-state index is 12.1. The van der Waals surface area contributed by atoms with Gasteiger partial charge in [-0.05, 0) is 40.5 Å². The monoisotopic (exact) mass is 460 g/mol. The first-order valence-electron chi connectivity index (χ1n) is 10.6. The van der Waals surface area contributed by atoms with Crippen LogP contribution in [-0.4, -0.2) is 78.5 Å². The summed E-state index contributed by atoms with van der Waals surface area (Å²) in [5, 5.41) is 6.33. The standard InChI is InChI=1S/C22H40N2O8/c1-21(2,19(27)31-7)11-15(17(25)29-5)13-23-9-10-24-14-16(18(26)30-6)12-22(3,4)20(28)32-8/h15-16,23-24H,9-14H2,1-8H3. The lowest BCUT2D eigenvalue weighted by molar-refractivity contribution is -0.156. The van der Waals surface area contributed by atoms with Crippen molar-refractivity contribution in [2.24, 2.45) is 22.7 Å². The molecule has 186 valence electrons. The Morgan fingerprint density at radius 2 is 0.938 bits per heavy atom. The number of hydrogen-bond donors (Lipinski definition) is 2. The second-order valence-corrected chi connectivity index (χ2v) is 9.01. The molecule has 10 heteroatoms. The second-order valence-electron chi connectivity index (χ2n) is 9.01. The fourth-order valence-corrected chi connectivity index (χ4v) is 3.49. The van der Waals surface area contributed by atoms with Gasteiger partial charge in [0.05, 0.1) is 51.1 Å². The Hall–Kier alpha value is -2.20. The van der Waals surface area contributed by atoms with Crippen molar-refractivity contribution in [3.63, 3.8) is 0 Å². The summed E-state index contributed by atoms with van der Waals surface area (Å²) in [5.74, 6) is -2.62. The topological polar surface area (TPSA) is 129 Å². The summed E-state index contributed by atoms with van der Waals surface area (Å²) in [6, 6.07) is 0. The number of carbonyl (C=O) groups is 4. The molecule has 10 nitrogen and oxygen atoms in total. The molecular weight excluding hydrogens is 420 g/mol. The molecule has 0 radical (unpaired) electrons. The Kier molecular flexibility index (Phi) is 13.1. The van der Waals surface area contributed by atoms with Crippen LogP contribution in [0.25, 0.3) is 0 Å². The molecule has 0 saturated heterocycles. The fraction of sp³-hybridized carbons (Fsp3) is 0.818. The molecule has 32 heavy (non-hydrogen) atoms. The predicted molar refractivity (Wildman–Crippen MR) is 118 cm³/mol. The summed E-state index contributed by atoms with van der Waals surface area (Å²) in [6.07, 6.45) is 0.555. The maximum Gasteiger partial charge on any atom is 0.311 e. The van der Waals surface area contributed by atoms with Crippen LogP contribution in [0.2, 0.25) is 0 Å². The van der Waals surface area contributed by atoms with Gasteiger partial charge in [0.25, 0.3) is 0 Å². The normalized spacial score (nSPS) is 13.6. The Labute approximate surface area is 191 Å². The van der Waals surface area contributed by atoms with E-state index >= 15 is 0 Å². The highest BCUT2D eigenvalue weighted by Gasteiger charge is 2.36. The largest absolute Gasteiger partial charge is 0.469 e. The first kappa shape index (κ1) is 29.8. The molecule has 0 rings (SSSR count). The van der Waals surface area contributed by atoms with E-state index in [1.807, 2.05) is 0 Å². The van der Waals surface area contributed by atoms with Crippen LogP contribution in [0.1, 0.15) is 40.5 Å². The highest BCUT2D eigenvalue weighted by atomic mass is 16.5. The van der Waals surface area contributed by atoms with Crippen molar-refractivity contribution in [2.45, 2.75) is 40.5 Å². The number of methoxy groups -OCH3 is 4. The molecule has 0 aliphatic rings. The predicted octanol–water partition coefficient (Wildman–Crippen LogP) is 0.923. The van der Waals surface area contributed by atoms with E-state index in [1.54, 1.807) is 27.7 Å². The lowest BCUT2D eigenvalue weighted by Crippen LogP contribution is -2.40. The minimum absolute atomic E-state index is 0.278. The lowest BCUT2D eigenvalue weighted by Gasteiger charge is -2.26. The molecule has 0 aromatic carbocycles. The van der Waals surface area contributed by atoms with Crippen LogP contribution >= 0.6 is 0 Å². The Bertz CT molecular complexity index is 579. The molecule has 0 aromatic heterocycles. The van der Waals surface area contributed by atoms with Gasteiger partial charge in [-0.25, -0.2) is 0 Å². The molecule has 0 aromatic rings. The third-order valence-electron chi connectivity index (χ3n) is 5.32. The Morgan fingerprint density at radius 1 is 0.625 bits per heavy atom. The van der Waals surface area contributed by atoms with E-state index in [0.29, 0.717) is 26.2 Å². The van der Waals surface area contributed by atoms with Crippen LogP contribution in [-0.2, 0) is 38.1 Å². The third-order valence-corrected chi connectivity index (χ3v) is 5.32. The molecule has 0 fully saturated rings. The van der Waals surface area contributed by atoms with Gasteiger partial charge in [0.15, 0.2) is 0 Å². The van der Waals surface area contributed by atoms with E-state index in [-0.39, 0.29) is 12.8 Å². The zero-order valence-electron chi connectivity index (χ0n) is 20.7. The van der Waals surface area contributed by atoms with Gasteiger partial charge in [-0.1, -0.05) is 0 Å². The minimum atomic E-state index is -0.826. The van der Waals surface area contributed by atoms with Crippen molar-refractivity contribution in [3.8, 4) is 0 Å². The van der Waals surface area contributed by atoms with Gasteiger partial charge in [-0.3, -0.25) is 19.2 Å². The fourth-order valence-electron chi connectivity index (χ4n) is 3.49. The van der Waals surface area contributed by atoms with E-state index in [9.17, 15) is 19.2 Å². The average molecular weight is 461 g/mol. The van der Waals surface area contributed by atoms with Crippen LogP contribution in [0.5, 0.6) is 0 Å². The molecule has 2 N–H and O–H groups in total. The number of esters is 4. The van der Waals surface area contributed by atoms with Crippen LogP contribution in [0.15, 0.2) is 0 Å². The Morgan fingerprint density at radius 3 is 1.19 bits per heavy atom. The number of ether oxygens (including phenoxy) is 4. The summed E-state index contributed by atoms with van der Waals surface area (Å²) in [4.78, 5) is 48.1. The first-order valence-corrected chi connectivity index (χ1v) is 10.6. The van der Waals surface area contributed by atoms with E-state index in [4.69, 9.17) is 18.9 Å². The van der Waals surface area contributed by atoms with Crippen LogP contribution in [0.4, 0.5) is 0 Å². The molecule has 2 atom stereocenters. The van der Waals surface area contributed by atoms with Crippen molar-refractivity contribution < 1.29 is 38.1 Å². The average Bonchev–Trinajstić information content (AvgIpc) is 2.76. The molecule has 0 saturated carbocycles. The van der Waals surface area contributed by atoms with Crippen molar-refractivity contribution in [3.05, 3.63) is 0 Å². The smallest absolute Gasteiger partial charge is 0.311 e. The van der Waals surface area contributed by atoms with Crippen LogP contribution in [0, 0.1) is 22.7 Å². The van der Waals surface area contributed by atoms with Gasteiger partial charge in [0.1, 0.15) is 0 Å². The van der Waals surface area contributed by atoms with Gasteiger partial charge in [-0.15, -0.1) is 0 Å². The number of carbonyl (C=O) groups excluding carboxylic acids is 4. The molecule has 0 heterocycles. The van der Waals surface area contributed by atoms with Crippen molar-refractivity contribution in [1.29, 1.82) is 0 Å². The van der Waals surface area contributed by atoms with Gasteiger partial charge in [-0.2, -0.15) is 0 Å². The summed E-state index contributed by atoms with van der Waals surface area (Å²) >= 11 is 0. The molecule has 0 spiro atoms. The zero-order valence-corrected chi connectivity index (χ0v) is 20.7. The van der Waals surface area contributed by atoms with Crippen molar-refractivity contribution >= 4 is 23.9 Å². The van der Waals surface area contributed by atoms with Crippen molar-refractivity contribution in [1.82, 2.24) is 10.6 Å². The maximum atomic E-state index is 12.1. The summed E-state index contributed by atoms with van der Waals surface area (Å²) in [6.45, 7) is 8.56. The first-order chi connectivity index (χ1) is 14.9. The summed E-state index contributed by atoms with van der Waals surface area (Å²) in [5.41, 5.74) is -1.65. The minimum Gasteiger partial charge on any atom is -0.469 e. The van der Waals surface area contributed by atoms with Gasteiger partial charge < -0.3 is 29.6 Å².